The highest BCUT2D eigenvalue weighted by atomic mass is 16.5. The average Bonchev–Trinajstić information content (AvgIpc) is 2.06. The first-order valence-electron chi connectivity index (χ1n) is 5.14. The maximum absolute atomic E-state index is 11.4. The van der Waals surface area contributed by atoms with Crippen LogP contribution in [0.25, 0.3) is 0 Å². The van der Waals surface area contributed by atoms with Gasteiger partial charge in [0.15, 0.2) is 0 Å². The van der Waals surface area contributed by atoms with E-state index in [1.54, 1.807) is 0 Å². The van der Waals surface area contributed by atoms with Gasteiger partial charge in [-0.05, 0) is 38.6 Å². The SMILES string of the molecule is CC(CCCN)C(=O)OC1CCC1. The normalized spacial score (nSPS) is 19.2. The molecule has 0 bridgehead atoms. The van der Waals surface area contributed by atoms with E-state index in [9.17, 15) is 4.79 Å². The second kappa shape index (κ2) is 5.22. The highest BCUT2D eigenvalue weighted by Crippen LogP contribution is 2.23. The Morgan fingerprint density at radius 3 is 2.77 bits per heavy atom. The highest BCUT2D eigenvalue weighted by molar-refractivity contribution is 5.72. The number of nitrogens with two attached hydrogens (primary N) is 1. The van der Waals surface area contributed by atoms with Gasteiger partial charge in [0.05, 0.1) is 5.92 Å². The predicted octanol–water partition coefficient (Wildman–Crippen LogP) is 1.46. The lowest BCUT2D eigenvalue weighted by Gasteiger charge is -2.26. The van der Waals surface area contributed by atoms with Crippen LogP contribution >= 0.6 is 0 Å². The van der Waals surface area contributed by atoms with E-state index in [-0.39, 0.29) is 18.0 Å². The van der Waals surface area contributed by atoms with Crippen LogP contribution in [0.1, 0.15) is 39.0 Å². The second-order valence-corrected chi connectivity index (χ2v) is 3.82. The average molecular weight is 185 g/mol. The molecule has 1 aliphatic carbocycles. The van der Waals surface area contributed by atoms with Crippen molar-refractivity contribution in [1.82, 2.24) is 0 Å². The van der Waals surface area contributed by atoms with Crippen LogP contribution in [-0.2, 0) is 9.53 Å². The van der Waals surface area contributed by atoms with Crippen molar-refractivity contribution in [3.63, 3.8) is 0 Å². The minimum Gasteiger partial charge on any atom is -0.462 e. The van der Waals surface area contributed by atoms with Crippen LogP contribution < -0.4 is 5.73 Å². The van der Waals surface area contributed by atoms with Gasteiger partial charge in [-0.25, -0.2) is 0 Å². The lowest BCUT2D eigenvalue weighted by Crippen LogP contribution is -2.28. The van der Waals surface area contributed by atoms with Crippen molar-refractivity contribution in [2.45, 2.75) is 45.1 Å². The van der Waals surface area contributed by atoms with Gasteiger partial charge in [0.1, 0.15) is 6.10 Å². The minimum absolute atomic E-state index is 0.0177. The first-order valence-corrected chi connectivity index (χ1v) is 5.14. The van der Waals surface area contributed by atoms with Gasteiger partial charge >= 0.3 is 5.97 Å². The first kappa shape index (κ1) is 10.5. The number of hydrogen-bond acceptors (Lipinski definition) is 3. The van der Waals surface area contributed by atoms with Crippen LogP contribution in [0.15, 0.2) is 0 Å². The molecule has 1 fully saturated rings. The molecule has 3 heteroatoms. The first-order chi connectivity index (χ1) is 6.24. The molecule has 1 rings (SSSR count). The molecule has 13 heavy (non-hydrogen) atoms. The highest BCUT2D eigenvalue weighted by Gasteiger charge is 2.24. The molecule has 0 aliphatic heterocycles. The Labute approximate surface area is 79.6 Å². The summed E-state index contributed by atoms with van der Waals surface area (Å²) in [7, 11) is 0. The van der Waals surface area contributed by atoms with E-state index in [2.05, 4.69) is 0 Å². The van der Waals surface area contributed by atoms with E-state index in [4.69, 9.17) is 10.5 Å². The van der Waals surface area contributed by atoms with Gasteiger partial charge in [-0.1, -0.05) is 6.92 Å². The van der Waals surface area contributed by atoms with E-state index in [0.717, 1.165) is 25.7 Å². The van der Waals surface area contributed by atoms with E-state index in [1.165, 1.54) is 6.42 Å². The fourth-order valence-corrected chi connectivity index (χ4v) is 1.31. The molecule has 0 spiro atoms. The molecule has 0 amide bonds. The Morgan fingerprint density at radius 1 is 1.62 bits per heavy atom. The number of carbonyl (C=O) groups is 1. The van der Waals surface area contributed by atoms with E-state index >= 15 is 0 Å². The third-order valence-electron chi connectivity index (χ3n) is 2.58. The molecule has 0 aromatic rings. The molecule has 0 heterocycles. The van der Waals surface area contributed by atoms with Crippen molar-refractivity contribution in [3.8, 4) is 0 Å². The third kappa shape index (κ3) is 3.35. The zero-order valence-corrected chi connectivity index (χ0v) is 8.29. The monoisotopic (exact) mass is 185 g/mol. The van der Waals surface area contributed by atoms with Gasteiger partial charge in [0.2, 0.25) is 0 Å². The molecule has 2 N–H and O–H groups in total. The van der Waals surface area contributed by atoms with Crippen molar-refractivity contribution in [2.24, 2.45) is 11.7 Å². The largest absolute Gasteiger partial charge is 0.462 e. The van der Waals surface area contributed by atoms with Gasteiger partial charge in [0.25, 0.3) is 0 Å². The van der Waals surface area contributed by atoms with Crippen LogP contribution in [-0.4, -0.2) is 18.6 Å². The van der Waals surface area contributed by atoms with Crippen molar-refractivity contribution < 1.29 is 9.53 Å². The van der Waals surface area contributed by atoms with Gasteiger partial charge < -0.3 is 10.5 Å². The summed E-state index contributed by atoms with van der Waals surface area (Å²) in [6.07, 6.45) is 5.27. The summed E-state index contributed by atoms with van der Waals surface area (Å²) < 4.78 is 5.27. The van der Waals surface area contributed by atoms with E-state index < -0.39 is 0 Å². The van der Waals surface area contributed by atoms with Crippen LogP contribution in [0, 0.1) is 5.92 Å². The second-order valence-electron chi connectivity index (χ2n) is 3.82. The van der Waals surface area contributed by atoms with Crippen LogP contribution in [0.5, 0.6) is 0 Å². The summed E-state index contributed by atoms with van der Waals surface area (Å²) in [5.74, 6) is -0.0256. The van der Waals surface area contributed by atoms with Crippen molar-refractivity contribution in [1.29, 1.82) is 0 Å². The molecule has 3 nitrogen and oxygen atoms in total. The number of esters is 1. The Hall–Kier alpha value is -0.570. The predicted molar refractivity (Wildman–Crippen MR) is 51.2 cm³/mol. The van der Waals surface area contributed by atoms with Crippen LogP contribution in [0.4, 0.5) is 0 Å². The molecule has 76 valence electrons. The van der Waals surface area contributed by atoms with E-state index in [0.29, 0.717) is 6.54 Å². The third-order valence-corrected chi connectivity index (χ3v) is 2.58. The van der Waals surface area contributed by atoms with Crippen molar-refractivity contribution in [2.75, 3.05) is 6.54 Å². The maximum Gasteiger partial charge on any atom is 0.308 e. The summed E-state index contributed by atoms with van der Waals surface area (Å²) in [6.45, 7) is 2.57. The molecular weight excluding hydrogens is 166 g/mol. The molecule has 0 aromatic heterocycles. The van der Waals surface area contributed by atoms with Gasteiger partial charge in [-0.3, -0.25) is 4.79 Å². The van der Waals surface area contributed by atoms with Gasteiger partial charge in [-0.2, -0.15) is 0 Å². The van der Waals surface area contributed by atoms with Gasteiger partial charge in [0, 0.05) is 0 Å². The number of carbonyl (C=O) groups excluding carboxylic acids is 1. The van der Waals surface area contributed by atoms with E-state index in [1.807, 2.05) is 6.92 Å². The lowest BCUT2D eigenvalue weighted by molar-refractivity contribution is -0.157. The maximum atomic E-state index is 11.4. The Bertz CT molecular complexity index is 166. The standard InChI is InChI=1S/C10H19NO2/c1-8(4-3-7-11)10(12)13-9-5-2-6-9/h8-9H,2-7,11H2,1H3. The summed E-state index contributed by atoms with van der Waals surface area (Å²) >= 11 is 0. The summed E-state index contributed by atoms with van der Waals surface area (Å²) in [5, 5.41) is 0. The molecule has 0 aromatic carbocycles. The van der Waals surface area contributed by atoms with Crippen molar-refractivity contribution in [3.05, 3.63) is 0 Å². The number of ether oxygens (including phenoxy) is 1. The summed E-state index contributed by atoms with van der Waals surface area (Å²) in [4.78, 5) is 11.4. The number of hydrogen-bond donors (Lipinski definition) is 1. The molecule has 0 radical (unpaired) electrons. The molecule has 1 atom stereocenters. The topological polar surface area (TPSA) is 52.3 Å². The van der Waals surface area contributed by atoms with Gasteiger partial charge in [-0.15, -0.1) is 0 Å². The zero-order chi connectivity index (χ0) is 9.68. The Balaban J connectivity index is 2.13. The Morgan fingerprint density at radius 2 is 2.31 bits per heavy atom. The van der Waals surface area contributed by atoms with Crippen LogP contribution in [0.2, 0.25) is 0 Å². The molecule has 0 saturated heterocycles. The number of rotatable bonds is 5. The zero-order valence-electron chi connectivity index (χ0n) is 8.29. The van der Waals surface area contributed by atoms with Crippen molar-refractivity contribution >= 4 is 5.97 Å². The smallest absolute Gasteiger partial charge is 0.308 e. The molecule has 1 aliphatic rings. The Kier molecular flexibility index (Phi) is 4.22. The summed E-state index contributed by atoms with van der Waals surface area (Å²) in [5.41, 5.74) is 5.36. The molecule has 1 saturated carbocycles. The van der Waals surface area contributed by atoms with Crippen LogP contribution in [0.3, 0.4) is 0 Å². The molecular formula is C10H19NO2. The fraction of sp³-hybridized carbons (Fsp3) is 0.900. The lowest BCUT2D eigenvalue weighted by atomic mass is 9.96. The quantitative estimate of drug-likeness (QED) is 0.660. The fourth-order valence-electron chi connectivity index (χ4n) is 1.31. The minimum atomic E-state index is -0.0434. The molecule has 1 unspecified atom stereocenters. The summed E-state index contributed by atoms with van der Waals surface area (Å²) in [6, 6.07) is 0.